The molecule has 0 saturated heterocycles. The minimum Gasteiger partial charge on any atom is -0.350 e. The fourth-order valence-corrected chi connectivity index (χ4v) is 4.89. The van der Waals surface area contributed by atoms with Gasteiger partial charge in [-0.25, -0.2) is 9.10 Å². The maximum Gasteiger partial charge on any atom is 0.329 e. The third-order valence-electron chi connectivity index (χ3n) is 5.20. The lowest BCUT2D eigenvalue weighted by atomic mass is 9.99. The molecule has 0 spiro atoms. The molecule has 0 fully saturated rings. The van der Waals surface area contributed by atoms with E-state index in [1.165, 1.54) is 34.2 Å². The molecule has 0 bridgehead atoms. The van der Waals surface area contributed by atoms with E-state index in [0.29, 0.717) is 6.54 Å². The first-order chi connectivity index (χ1) is 12.2. The smallest absolute Gasteiger partial charge is 0.329 e. The summed E-state index contributed by atoms with van der Waals surface area (Å²) in [5.41, 5.74) is 19.1. The van der Waals surface area contributed by atoms with Gasteiger partial charge < -0.3 is 11.5 Å². The first-order valence-electron chi connectivity index (χ1n) is 8.90. The SMILES string of the molecule is NCc1ccc(SN(C(N)=O)c2c3c(cc4c2CCC4)CCC3)cc1. The first kappa shape index (κ1) is 16.5. The summed E-state index contributed by atoms with van der Waals surface area (Å²) in [5, 5.41) is 0. The molecule has 0 radical (unpaired) electrons. The van der Waals surface area contributed by atoms with Gasteiger partial charge in [-0.05, 0) is 90.4 Å². The largest absolute Gasteiger partial charge is 0.350 e. The average molecular weight is 353 g/mol. The fraction of sp³-hybridized carbons (Fsp3) is 0.350. The summed E-state index contributed by atoms with van der Waals surface area (Å²) in [7, 11) is 0. The average Bonchev–Trinajstić information content (AvgIpc) is 3.27. The molecular weight excluding hydrogens is 330 g/mol. The molecule has 0 saturated carbocycles. The third-order valence-corrected chi connectivity index (χ3v) is 6.23. The summed E-state index contributed by atoms with van der Waals surface area (Å²) >= 11 is 1.42. The molecule has 4 nitrogen and oxygen atoms in total. The number of nitrogens with zero attached hydrogens (tertiary/aromatic N) is 1. The Morgan fingerprint density at radius 1 is 1.00 bits per heavy atom. The summed E-state index contributed by atoms with van der Waals surface area (Å²) in [6, 6.07) is 9.98. The van der Waals surface area contributed by atoms with E-state index >= 15 is 0 Å². The number of hydrogen-bond acceptors (Lipinski definition) is 3. The molecule has 2 aromatic rings. The lowest BCUT2D eigenvalue weighted by molar-refractivity contribution is 0.257. The third kappa shape index (κ3) is 3.02. The van der Waals surface area contributed by atoms with Gasteiger partial charge in [0.25, 0.3) is 0 Å². The van der Waals surface area contributed by atoms with Crippen molar-refractivity contribution in [2.75, 3.05) is 4.31 Å². The van der Waals surface area contributed by atoms with Gasteiger partial charge in [0.2, 0.25) is 0 Å². The number of anilines is 1. The molecule has 0 aromatic heterocycles. The molecule has 0 unspecified atom stereocenters. The highest BCUT2D eigenvalue weighted by Gasteiger charge is 2.29. The highest BCUT2D eigenvalue weighted by molar-refractivity contribution is 8.01. The van der Waals surface area contributed by atoms with E-state index in [2.05, 4.69) is 6.07 Å². The van der Waals surface area contributed by atoms with Gasteiger partial charge in [0.15, 0.2) is 0 Å². The van der Waals surface area contributed by atoms with Gasteiger partial charge in [-0.15, -0.1) is 0 Å². The van der Waals surface area contributed by atoms with Crippen LogP contribution in [0.15, 0.2) is 35.2 Å². The van der Waals surface area contributed by atoms with Gasteiger partial charge in [-0.3, -0.25) is 0 Å². The molecule has 130 valence electrons. The monoisotopic (exact) mass is 353 g/mol. The highest BCUT2D eigenvalue weighted by Crippen LogP contribution is 2.43. The predicted octanol–water partition coefficient (Wildman–Crippen LogP) is 3.72. The molecule has 0 atom stereocenters. The summed E-state index contributed by atoms with van der Waals surface area (Å²) in [5.74, 6) is 0. The van der Waals surface area contributed by atoms with E-state index in [4.69, 9.17) is 11.5 Å². The van der Waals surface area contributed by atoms with Gasteiger partial charge >= 0.3 is 6.03 Å². The van der Waals surface area contributed by atoms with Crippen LogP contribution in [0.25, 0.3) is 0 Å². The molecule has 0 aliphatic heterocycles. The first-order valence-corrected chi connectivity index (χ1v) is 9.67. The number of rotatable bonds is 4. The second-order valence-corrected chi connectivity index (χ2v) is 7.80. The fourth-order valence-electron chi connectivity index (χ4n) is 4.02. The molecule has 2 aliphatic rings. The van der Waals surface area contributed by atoms with Crippen molar-refractivity contribution in [2.45, 2.75) is 50.0 Å². The van der Waals surface area contributed by atoms with Crippen molar-refractivity contribution >= 4 is 23.7 Å². The number of carbonyl (C=O) groups excluding carboxylic acids is 1. The minimum absolute atomic E-state index is 0.401. The van der Waals surface area contributed by atoms with Gasteiger partial charge in [0, 0.05) is 11.4 Å². The van der Waals surface area contributed by atoms with E-state index in [0.717, 1.165) is 54.7 Å². The van der Waals surface area contributed by atoms with Crippen molar-refractivity contribution in [3.05, 3.63) is 58.1 Å². The van der Waals surface area contributed by atoms with Gasteiger partial charge in [0.1, 0.15) is 0 Å². The quantitative estimate of drug-likeness (QED) is 0.823. The topological polar surface area (TPSA) is 72.3 Å². The van der Waals surface area contributed by atoms with Crippen LogP contribution in [0.3, 0.4) is 0 Å². The number of amides is 2. The number of urea groups is 1. The van der Waals surface area contributed by atoms with E-state index < -0.39 is 6.03 Å². The zero-order valence-electron chi connectivity index (χ0n) is 14.3. The van der Waals surface area contributed by atoms with Gasteiger partial charge in [-0.2, -0.15) is 0 Å². The van der Waals surface area contributed by atoms with Crippen LogP contribution < -0.4 is 15.8 Å². The van der Waals surface area contributed by atoms with Crippen molar-refractivity contribution in [2.24, 2.45) is 11.5 Å². The Labute approximate surface area is 152 Å². The van der Waals surface area contributed by atoms with Crippen LogP contribution in [0.2, 0.25) is 0 Å². The second kappa shape index (κ2) is 6.73. The van der Waals surface area contributed by atoms with Gasteiger partial charge in [-0.1, -0.05) is 18.2 Å². The van der Waals surface area contributed by atoms with Crippen LogP contribution in [0, 0.1) is 0 Å². The van der Waals surface area contributed by atoms with Crippen LogP contribution >= 0.6 is 11.9 Å². The molecule has 2 aliphatic carbocycles. The summed E-state index contributed by atoms with van der Waals surface area (Å²) in [6.07, 6.45) is 6.61. The molecule has 2 aromatic carbocycles. The van der Waals surface area contributed by atoms with E-state index in [1.807, 2.05) is 24.3 Å². The van der Waals surface area contributed by atoms with Crippen LogP contribution in [0.4, 0.5) is 10.5 Å². The zero-order valence-corrected chi connectivity index (χ0v) is 15.1. The summed E-state index contributed by atoms with van der Waals surface area (Å²) in [4.78, 5) is 13.3. The second-order valence-electron chi connectivity index (χ2n) is 6.78. The van der Waals surface area contributed by atoms with Crippen molar-refractivity contribution in [3.8, 4) is 0 Å². The number of aryl methyl sites for hydroxylation is 2. The zero-order chi connectivity index (χ0) is 17.4. The molecule has 0 heterocycles. The number of fused-ring (bicyclic) bond motifs is 2. The van der Waals surface area contributed by atoms with Crippen molar-refractivity contribution in [1.82, 2.24) is 0 Å². The normalized spacial score (nSPS) is 15.1. The van der Waals surface area contributed by atoms with Crippen LogP contribution in [0.5, 0.6) is 0 Å². The van der Waals surface area contributed by atoms with Crippen molar-refractivity contribution in [3.63, 3.8) is 0 Å². The van der Waals surface area contributed by atoms with Gasteiger partial charge in [0.05, 0.1) is 5.69 Å². The number of benzene rings is 2. The van der Waals surface area contributed by atoms with Crippen molar-refractivity contribution < 1.29 is 4.79 Å². The predicted molar refractivity (Wildman–Crippen MR) is 103 cm³/mol. The maximum absolute atomic E-state index is 12.3. The Hall–Kier alpha value is -1.98. The van der Waals surface area contributed by atoms with Crippen LogP contribution in [-0.4, -0.2) is 6.03 Å². The highest BCUT2D eigenvalue weighted by atomic mass is 32.2. The molecule has 25 heavy (non-hydrogen) atoms. The van der Waals surface area contributed by atoms with E-state index in [-0.39, 0.29) is 0 Å². The maximum atomic E-state index is 12.3. The van der Waals surface area contributed by atoms with E-state index in [1.54, 1.807) is 4.31 Å². The number of carbonyl (C=O) groups is 1. The number of nitrogens with two attached hydrogens (primary N) is 2. The molecule has 2 amide bonds. The Morgan fingerprint density at radius 2 is 1.60 bits per heavy atom. The summed E-state index contributed by atoms with van der Waals surface area (Å²) < 4.78 is 1.71. The van der Waals surface area contributed by atoms with E-state index in [9.17, 15) is 4.79 Å². The van der Waals surface area contributed by atoms with Crippen molar-refractivity contribution in [1.29, 1.82) is 0 Å². The lowest BCUT2D eigenvalue weighted by Crippen LogP contribution is -2.31. The Morgan fingerprint density at radius 3 is 2.12 bits per heavy atom. The minimum atomic E-state index is -0.401. The lowest BCUT2D eigenvalue weighted by Gasteiger charge is -2.25. The Balaban J connectivity index is 1.75. The summed E-state index contributed by atoms with van der Waals surface area (Å²) in [6.45, 7) is 0.518. The molecule has 4 N–H and O–H groups in total. The molecule has 4 rings (SSSR count). The van der Waals surface area contributed by atoms with Crippen LogP contribution in [-0.2, 0) is 32.2 Å². The molecular formula is C20H23N3OS. The number of hydrogen-bond donors (Lipinski definition) is 2. The standard InChI is InChI=1S/C20H23N3OS/c21-12-13-7-9-16(10-8-13)25-23(20(22)24)19-17-5-1-3-14(17)11-15-4-2-6-18(15)19/h7-11H,1-6,12,21H2,(H2,22,24). The number of primary amides is 1. The Bertz CT molecular complexity index is 784. The molecule has 5 heteroatoms. The Kier molecular flexibility index (Phi) is 4.44. The van der Waals surface area contributed by atoms with Crippen LogP contribution in [0.1, 0.15) is 40.7 Å².